The van der Waals surface area contributed by atoms with Gasteiger partial charge in [-0.05, 0) is 65.6 Å². The molecule has 4 rings (SSSR count). The largest absolute Gasteiger partial charge is 0.483 e. The molecule has 0 saturated heterocycles. The van der Waals surface area contributed by atoms with Gasteiger partial charge >= 0.3 is 0 Å². The summed E-state index contributed by atoms with van der Waals surface area (Å²) in [6, 6.07) is 15.2. The molecule has 46 heavy (non-hydrogen) atoms. The lowest BCUT2D eigenvalue weighted by Crippen LogP contribution is -2.35. The summed E-state index contributed by atoms with van der Waals surface area (Å²) < 4.78 is 36.3. The zero-order valence-corrected chi connectivity index (χ0v) is 27.6. The third-order valence-electron chi connectivity index (χ3n) is 7.31. The van der Waals surface area contributed by atoms with Gasteiger partial charge in [-0.15, -0.1) is 0 Å². The van der Waals surface area contributed by atoms with Crippen LogP contribution in [0.25, 0.3) is 10.8 Å². The number of benzene rings is 3. The van der Waals surface area contributed by atoms with Crippen LogP contribution >= 0.6 is 11.9 Å². The Labute approximate surface area is 274 Å². The van der Waals surface area contributed by atoms with Crippen molar-refractivity contribution in [1.29, 1.82) is 0 Å². The lowest BCUT2D eigenvalue weighted by Gasteiger charge is -2.17. The number of allylic oxidation sites excluding steroid dienone is 1. The Morgan fingerprint density at radius 1 is 1.02 bits per heavy atom. The molecule has 4 N–H and O–H groups in total. The predicted octanol–water partition coefficient (Wildman–Crippen LogP) is 5.29. The highest BCUT2D eigenvalue weighted by molar-refractivity contribution is 7.97. The van der Waals surface area contributed by atoms with E-state index in [1.54, 1.807) is 16.8 Å². The number of hydrogen-bond acceptors (Lipinski definition) is 8. The highest BCUT2D eigenvalue weighted by Crippen LogP contribution is 2.32. The van der Waals surface area contributed by atoms with E-state index in [4.69, 9.17) is 14.6 Å². The maximum atomic E-state index is 13.5. The third-order valence-corrected chi connectivity index (χ3v) is 8.24. The van der Waals surface area contributed by atoms with E-state index in [1.807, 2.05) is 0 Å². The molecule has 0 radical (unpaired) electrons. The fourth-order valence-electron chi connectivity index (χ4n) is 5.05. The number of nitrogens with zero attached hydrogens (tertiary/aromatic N) is 2. The molecule has 3 aromatic carbocycles. The van der Waals surface area contributed by atoms with Crippen molar-refractivity contribution in [3.05, 3.63) is 83.1 Å². The van der Waals surface area contributed by atoms with E-state index < -0.39 is 11.6 Å². The quantitative estimate of drug-likeness (QED) is 0.0875. The van der Waals surface area contributed by atoms with Gasteiger partial charge in [-0.25, -0.2) is 8.78 Å². The molecule has 3 aromatic rings. The van der Waals surface area contributed by atoms with E-state index in [1.165, 1.54) is 33.5 Å². The number of halogens is 2. The lowest BCUT2D eigenvalue weighted by atomic mass is 10.1. The molecule has 0 bridgehead atoms. The average molecular weight is 658 g/mol. The molecule has 0 unspecified atom stereocenters. The van der Waals surface area contributed by atoms with Crippen molar-refractivity contribution in [3.8, 4) is 0 Å². The minimum absolute atomic E-state index is 0.0806. The number of amides is 1. The van der Waals surface area contributed by atoms with Crippen molar-refractivity contribution in [2.75, 3.05) is 58.4 Å². The Kier molecular flexibility index (Phi) is 15.8. The summed E-state index contributed by atoms with van der Waals surface area (Å²) in [5, 5.41) is 16.0. The van der Waals surface area contributed by atoms with Crippen molar-refractivity contribution in [2.24, 2.45) is 0 Å². The third kappa shape index (κ3) is 11.3. The number of fused-ring (bicyclic) bond motifs is 2. The van der Waals surface area contributed by atoms with Crippen molar-refractivity contribution in [1.82, 2.24) is 20.3 Å². The number of carbonyl (C=O) groups is 2. The van der Waals surface area contributed by atoms with E-state index in [-0.39, 0.29) is 18.9 Å². The first-order chi connectivity index (χ1) is 22.3. The van der Waals surface area contributed by atoms with Gasteiger partial charge in [0.05, 0.1) is 19.8 Å². The van der Waals surface area contributed by atoms with E-state index in [0.717, 1.165) is 31.5 Å². The average Bonchev–Trinajstić information content (AvgIpc) is 3.45. The molecule has 0 atom stereocenters. The van der Waals surface area contributed by atoms with Gasteiger partial charge in [-0.1, -0.05) is 43.7 Å². The van der Waals surface area contributed by atoms with Gasteiger partial charge in [0, 0.05) is 68.5 Å². The first-order valence-corrected chi connectivity index (χ1v) is 16.2. The summed E-state index contributed by atoms with van der Waals surface area (Å²) in [6.45, 7) is 5.99. The second kappa shape index (κ2) is 19.7. The molecular weight excluding hydrogens is 612 g/mol. The van der Waals surface area contributed by atoms with Crippen molar-refractivity contribution in [2.45, 2.75) is 44.2 Å². The van der Waals surface area contributed by atoms with Gasteiger partial charge in [0.2, 0.25) is 5.91 Å². The summed E-state index contributed by atoms with van der Waals surface area (Å²) in [7, 11) is 4.13. The molecule has 1 aliphatic heterocycles. The molecule has 0 spiro atoms. The topological polar surface area (TPSA) is 106 Å². The van der Waals surface area contributed by atoms with E-state index in [9.17, 15) is 13.6 Å². The number of hydrogen-bond donors (Lipinski definition) is 4. The molecule has 250 valence electrons. The highest BCUT2D eigenvalue weighted by atomic mass is 32.2. The standard InChI is InChI=1S/C33H43F2N5O2S.CH2O2/c1-4-5-8-26(13-14-36-21-33(41)40-22-24-19-29(34)30(35)20-25(24)23-40)37-15-17-42-18-16-38-43-32-12-7-9-27-28(32)10-6-11-31(27)39(2)3;2-1-3/h6-12,19-20,36-38H,4-5,13-18,21-23H2,1-3H3;1H,(H,2,3)/b26-8-;. The van der Waals surface area contributed by atoms with Crippen LogP contribution in [0.5, 0.6) is 0 Å². The van der Waals surface area contributed by atoms with Gasteiger partial charge in [-0.2, -0.15) is 0 Å². The van der Waals surface area contributed by atoms with Gasteiger partial charge in [0.25, 0.3) is 6.47 Å². The number of anilines is 1. The Hall–Kier alpha value is -3.71. The van der Waals surface area contributed by atoms with Crippen LogP contribution < -0.4 is 20.3 Å². The van der Waals surface area contributed by atoms with Gasteiger partial charge in [0.15, 0.2) is 11.6 Å². The number of carboxylic acid groups (broad SMARTS) is 1. The highest BCUT2D eigenvalue weighted by Gasteiger charge is 2.24. The maximum absolute atomic E-state index is 13.5. The predicted molar refractivity (Wildman–Crippen MR) is 181 cm³/mol. The Balaban J connectivity index is 0.00000185. The van der Waals surface area contributed by atoms with Gasteiger partial charge in [-0.3, -0.25) is 14.3 Å². The zero-order chi connectivity index (χ0) is 33.3. The van der Waals surface area contributed by atoms with Gasteiger partial charge in [0.1, 0.15) is 0 Å². The first kappa shape index (κ1) is 36.8. The molecule has 1 amide bonds. The summed E-state index contributed by atoms with van der Waals surface area (Å²) in [5.41, 5.74) is 3.67. The maximum Gasteiger partial charge on any atom is 0.290 e. The number of nitrogens with one attached hydrogen (secondary N) is 3. The number of unbranched alkanes of at least 4 members (excludes halogenated alkanes) is 1. The number of rotatable bonds is 17. The van der Waals surface area contributed by atoms with Gasteiger partial charge < -0.3 is 30.3 Å². The van der Waals surface area contributed by atoms with Crippen LogP contribution in [0.3, 0.4) is 0 Å². The molecule has 0 saturated carbocycles. The Morgan fingerprint density at radius 2 is 1.67 bits per heavy atom. The molecule has 0 aliphatic carbocycles. The van der Waals surface area contributed by atoms with Crippen LogP contribution in [-0.2, 0) is 27.4 Å². The summed E-state index contributed by atoms with van der Waals surface area (Å²) in [4.78, 5) is 25.9. The monoisotopic (exact) mass is 657 g/mol. The normalized spacial score (nSPS) is 12.5. The minimum atomic E-state index is -0.873. The molecular formula is C34H45F2N5O4S. The Morgan fingerprint density at radius 3 is 2.35 bits per heavy atom. The molecule has 1 aliphatic rings. The molecule has 0 aromatic heterocycles. The summed E-state index contributed by atoms with van der Waals surface area (Å²) in [6.07, 6.45) is 5.00. The zero-order valence-electron chi connectivity index (χ0n) is 26.8. The van der Waals surface area contributed by atoms with Crippen molar-refractivity contribution < 1.29 is 28.2 Å². The van der Waals surface area contributed by atoms with Crippen LogP contribution in [0.1, 0.15) is 37.3 Å². The van der Waals surface area contributed by atoms with Crippen LogP contribution in [0.2, 0.25) is 0 Å². The summed E-state index contributed by atoms with van der Waals surface area (Å²) >= 11 is 1.63. The van der Waals surface area contributed by atoms with Crippen LogP contribution in [0, 0.1) is 11.6 Å². The van der Waals surface area contributed by atoms with Crippen molar-refractivity contribution in [3.63, 3.8) is 0 Å². The SMILES string of the molecule is CCC/C=C(/CCNCC(=O)N1Cc2cc(F)c(F)cc2C1)NCCOCCNSc1cccc2c(N(C)C)cccc12.O=CO. The van der Waals surface area contributed by atoms with E-state index in [0.29, 0.717) is 50.5 Å². The Bertz CT molecular complexity index is 1430. The minimum Gasteiger partial charge on any atom is -0.483 e. The fourth-order valence-corrected chi connectivity index (χ4v) is 5.83. The lowest BCUT2D eigenvalue weighted by molar-refractivity contribution is -0.130. The first-order valence-electron chi connectivity index (χ1n) is 15.4. The molecule has 9 nitrogen and oxygen atoms in total. The number of carbonyl (C=O) groups excluding carboxylic acids is 1. The smallest absolute Gasteiger partial charge is 0.290 e. The fraction of sp³-hybridized carbons (Fsp3) is 0.412. The summed E-state index contributed by atoms with van der Waals surface area (Å²) in [5.74, 6) is -1.83. The van der Waals surface area contributed by atoms with Crippen LogP contribution in [-0.4, -0.2) is 75.9 Å². The number of ether oxygens (including phenoxy) is 1. The van der Waals surface area contributed by atoms with Crippen LogP contribution in [0.4, 0.5) is 14.5 Å². The second-order valence-electron chi connectivity index (χ2n) is 10.9. The second-order valence-corrected chi connectivity index (χ2v) is 11.8. The van der Waals surface area contributed by atoms with Crippen LogP contribution in [0.15, 0.2) is 65.2 Å². The molecule has 0 fully saturated rings. The van der Waals surface area contributed by atoms with E-state index >= 15 is 0 Å². The molecule has 1 heterocycles. The molecule has 12 heteroatoms. The van der Waals surface area contributed by atoms with E-state index in [2.05, 4.69) is 83.7 Å². The van der Waals surface area contributed by atoms with Crippen molar-refractivity contribution >= 4 is 40.8 Å².